The van der Waals surface area contributed by atoms with Gasteiger partial charge < -0.3 is 0 Å². The van der Waals surface area contributed by atoms with E-state index in [0.29, 0.717) is 0 Å². The van der Waals surface area contributed by atoms with E-state index < -0.39 is 8.07 Å². The second kappa shape index (κ2) is 3.17. The molecule has 0 fully saturated rings. The summed E-state index contributed by atoms with van der Waals surface area (Å²) >= 11 is 0. The highest BCUT2D eigenvalue weighted by Crippen LogP contribution is 2.10. The van der Waals surface area contributed by atoms with Gasteiger partial charge in [-0.15, -0.1) is 0 Å². The van der Waals surface area contributed by atoms with Crippen LogP contribution in [0.1, 0.15) is 0 Å². The van der Waals surface area contributed by atoms with E-state index in [2.05, 4.69) is 35.7 Å². The number of hydrogen-bond acceptors (Lipinski definition) is 2. The number of aromatic nitrogens is 2. The fourth-order valence-corrected chi connectivity index (χ4v) is 3.06. The molecule has 0 saturated heterocycles. The van der Waals surface area contributed by atoms with Crippen LogP contribution in [0.2, 0.25) is 19.6 Å². The molecule has 2 nitrogen and oxygen atoms in total. The van der Waals surface area contributed by atoms with Crippen molar-refractivity contribution in [2.75, 3.05) is 0 Å². The fourth-order valence-electron chi connectivity index (χ4n) is 1.58. The van der Waals surface area contributed by atoms with Crippen LogP contribution in [0, 0.1) is 0 Å². The zero-order valence-electron chi connectivity index (χ0n) is 8.78. The lowest BCUT2D eigenvalue weighted by molar-refractivity contribution is 1.34. The molecule has 2 aromatic rings. The fraction of sp³-hybridized carbons (Fsp3) is 0.273. The molecule has 0 unspecified atom stereocenters. The van der Waals surface area contributed by atoms with Crippen LogP contribution in [0.4, 0.5) is 0 Å². The summed E-state index contributed by atoms with van der Waals surface area (Å²) in [4.78, 5) is 8.73. The maximum Gasteiger partial charge on any atom is 0.0885 e. The average Bonchev–Trinajstić information content (AvgIpc) is 2.15. The van der Waals surface area contributed by atoms with Crippen molar-refractivity contribution in [1.82, 2.24) is 9.97 Å². The van der Waals surface area contributed by atoms with Gasteiger partial charge in [0.2, 0.25) is 0 Å². The third kappa shape index (κ3) is 1.55. The average molecular weight is 202 g/mol. The van der Waals surface area contributed by atoms with Gasteiger partial charge >= 0.3 is 0 Å². The normalized spacial score (nSPS) is 11.9. The Labute approximate surface area is 85.0 Å². The molecule has 2 rings (SSSR count). The first kappa shape index (κ1) is 9.34. The van der Waals surface area contributed by atoms with Gasteiger partial charge in [0.25, 0.3) is 0 Å². The minimum absolute atomic E-state index is 1.01. The molecule has 0 radical (unpaired) electrons. The van der Waals surface area contributed by atoms with Gasteiger partial charge in [0.05, 0.1) is 19.1 Å². The molecule has 0 bridgehead atoms. The molecule has 0 aliphatic heterocycles. The lowest BCUT2D eigenvalue weighted by Crippen LogP contribution is -2.38. The van der Waals surface area contributed by atoms with Crippen LogP contribution >= 0.6 is 0 Å². The molecule has 0 N–H and O–H groups in total. The predicted octanol–water partition coefficient (Wildman–Crippen LogP) is 2.17. The first-order chi connectivity index (χ1) is 6.59. The zero-order chi connectivity index (χ0) is 10.2. The van der Waals surface area contributed by atoms with Crippen molar-refractivity contribution in [1.29, 1.82) is 0 Å². The number of rotatable bonds is 1. The molecule has 14 heavy (non-hydrogen) atoms. The molecule has 3 heteroatoms. The third-order valence-electron chi connectivity index (χ3n) is 2.30. The van der Waals surface area contributed by atoms with Crippen molar-refractivity contribution in [2.45, 2.75) is 19.6 Å². The maximum absolute atomic E-state index is 4.42. The van der Waals surface area contributed by atoms with Crippen molar-refractivity contribution in [3.05, 3.63) is 30.6 Å². The van der Waals surface area contributed by atoms with Gasteiger partial charge in [0, 0.05) is 12.4 Å². The summed E-state index contributed by atoms with van der Waals surface area (Å²) in [7, 11) is -1.30. The van der Waals surface area contributed by atoms with Gasteiger partial charge in [-0.25, -0.2) is 0 Å². The van der Waals surface area contributed by atoms with Crippen LogP contribution in [0.15, 0.2) is 30.6 Å². The van der Waals surface area contributed by atoms with Crippen molar-refractivity contribution >= 4 is 24.3 Å². The standard InChI is InChI=1S/C11H14N2Si/c1-14(2,3)10-6-8-12-9-5-4-7-13-11(9)10/h4-8H,1-3H3. The molecule has 0 aromatic carbocycles. The molecule has 0 amide bonds. The highest BCUT2D eigenvalue weighted by atomic mass is 28.3. The Morgan fingerprint density at radius 1 is 1.00 bits per heavy atom. The highest BCUT2D eigenvalue weighted by Gasteiger charge is 2.19. The van der Waals surface area contributed by atoms with Crippen molar-refractivity contribution < 1.29 is 0 Å². The summed E-state index contributed by atoms with van der Waals surface area (Å²) in [6, 6.07) is 6.07. The largest absolute Gasteiger partial charge is 0.255 e. The molecule has 0 aliphatic rings. The molecule has 72 valence electrons. The molecule has 0 aliphatic carbocycles. The van der Waals surface area contributed by atoms with E-state index >= 15 is 0 Å². The van der Waals surface area contributed by atoms with Gasteiger partial charge in [0.1, 0.15) is 0 Å². The highest BCUT2D eigenvalue weighted by molar-refractivity contribution is 6.90. The Kier molecular flexibility index (Phi) is 2.11. The van der Waals surface area contributed by atoms with E-state index in [1.807, 2.05) is 24.5 Å². The van der Waals surface area contributed by atoms with Gasteiger partial charge in [-0.05, 0) is 23.4 Å². The van der Waals surface area contributed by atoms with Crippen molar-refractivity contribution in [3.63, 3.8) is 0 Å². The van der Waals surface area contributed by atoms with Crippen molar-refractivity contribution in [3.8, 4) is 0 Å². The molecule has 0 spiro atoms. The summed E-state index contributed by atoms with van der Waals surface area (Å²) in [5, 5.41) is 1.39. The van der Waals surface area contributed by atoms with Gasteiger partial charge in [0.15, 0.2) is 0 Å². The Morgan fingerprint density at radius 3 is 2.50 bits per heavy atom. The second-order valence-corrected chi connectivity index (χ2v) is 9.52. The number of hydrogen-bond donors (Lipinski definition) is 0. The minimum atomic E-state index is -1.30. The van der Waals surface area contributed by atoms with E-state index in [0.717, 1.165) is 11.0 Å². The second-order valence-electron chi connectivity index (χ2n) is 4.48. The molecule has 0 atom stereocenters. The smallest absolute Gasteiger partial charge is 0.0885 e. The van der Waals surface area contributed by atoms with E-state index in [9.17, 15) is 0 Å². The molecular weight excluding hydrogens is 188 g/mol. The Bertz CT molecular complexity index is 455. The first-order valence-corrected chi connectivity index (χ1v) is 8.29. The van der Waals surface area contributed by atoms with Crippen LogP contribution < -0.4 is 5.19 Å². The number of fused-ring (bicyclic) bond motifs is 1. The minimum Gasteiger partial charge on any atom is -0.255 e. The quantitative estimate of drug-likeness (QED) is 0.662. The maximum atomic E-state index is 4.42. The van der Waals surface area contributed by atoms with E-state index in [1.54, 1.807) is 0 Å². The Hall–Kier alpha value is -1.22. The monoisotopic (exact) mass is 202 g/mol. The van der Waals surface area contributed by atoms with Gasteiger partial charge in [-0.3, -0.25) is 9.97 Å². The topological polar surface area (TPSA) is 25.8 Å². The molecule has 2 heterocycles. The Balaban J connectivity index is 2.78. The predicted molar refractivity (Wildman–Crippen MR) is 62.5 cm³/mol. The summed E-state index contributed by atoms with van der Waals surface area (Å²) in [6.07, 6.45) is 3.73. The van der Waals surface area contributed by atoms with Crippen LogP contribution in [0.5, 0.6) is 0 Å². The molecule has 0 saturated carbocycles. The van der Waals surface area contributed by atoms with Crippen LogP contribution in [0.25, 0.3) is 11.0 Å². The molecular formula is C11H14N2Si. The zero-order valence-corrected chi connectivity index (χ0v) is 9.78. The van der Waals surface area contributed by atoms with E-state index in [-0.39, 0.29) is 0 Å². The van der Waals surface area contributed by atoms with Crippen LogP contribution in [0.3, 0.4) is 0 Å². The summed E-state index contributed by atoms with van der Waals surface area (Å²) in [5.74, 6) is 0. The number of pyridine rings is 2. The third-order valence-corrected chi connectivity index (χ3v) is 4.32. The van der Waals surface area contributed by atoms with Crippen LogP contribution in [-0.4, -0.2) is 18.0 Å². The summed E-state index contributed by atoms with van der Waals surface area (Å²) < 4.78 is 0. The lowest BCUT2D eigenvalue weighted by atomic mass is 10.3. The van der Waals surface area contributed by atoms with Gasteiger partial charge in [-0.1, -0.05) is 19.6 Å². The van der Waals surface area contributed by atoms with Gasteiger partial charge in [-0.2, -0.15) is 0 Å². The van der Waals surface area contributed by atoms with E-state index in [4.69, 9.17) is 0 Å². The van der Waals surface area contributed by atoms with Crippen molar-refractivity contribution in [2.24, 2.45) is 0 Å². The van der Waals surface area contributed by atoms with Crippen LogP contribution in [-0.2, 0) is 0 Å². The lowest BCUT2D eigenvalue weighted by Gasteiger charge is -2.17. The summed E-state index contributed by atoms with van der Waals surface area (Å²) in [5.41, 5.74) is 2.08. The molecule has 2 aromatic heterocycles. The van der Waals surface area contributed by atoms with E-state index in [1.165, 1.54) is 5.19 Å². The number of nitrogens with zero attached hydrogens (tertiary/aromatic N) is 2. The summed E-state index contributed by atoms with van der Waals surface area (Å²) in [6.45, 7) is 6.99. The SMILES string of the molecule is C[Si](C)(C)c1ccnc2cccnc12. The Morgan fingerprint density at radius 2 is 1.79 bits per heavy atom. The first-order valence-electron chi connectivity index (χ1n) is 4.79.